The van der Waals surface area contributed by atoms with Gasteiger partial charge in [0.1, 0.15) is 11.3 Å². The van der Waals surface area contributed by atoms with Crippen LogP contribution in [0, 0.1) is 0 Å². The maximum Gasteiger partial charge on any atom is 0.123 e. The van der Waals surface area contributed by atoms with Gasteiger partial charge in [-0.15, -0.1) is 0 Å². The number of aromatic nitrogens is 3. The molecule has 1 N–H and O–H groups in total. The molecule has 17 heavy (non-hydrogen) atoms. The van der Waals surface area contributed by atoms with Gasteiger partial charge in [0.15, 0.2) is 0 Å². The lowest BCUT2D eigenvalue weighted by Gasteiger charge is -2.20. The second kappa shape index (κ2) is 4.45. The number of pyridine rings is 1. The van der Waals surface area contributed by atoms with Crippen molar-refractivity contribution in [1.29, 1.82) is 0 Å². The quantitative estimate of drug-likeness (QED) is 0.883. The minimum atomic E-state index is 0.106. The van der Waals surface area contributed by atoms with E-state index in [-0.39, 0.29) is 5.54 Å². The molecule has 2 rings (SSSR count). The molecular weight excluding hydrogens is 212 g/mol. The SMILES string of the molecule is CCn1c(CNC(C)(C)C)nc2cnccc21. The number of nitrogens with one attached hydrogen (secondary N) is 1. The van der Waals surface area contributed by atoms with Gasteiger partial charge in [-0.25, -0.2) is 4.98 Å². The van der Waals surface area contributed by atoms with Crippen LogP contribution in [0.3, 0.4) is 0 Å². The lowest BCUT2D eigenvalue weighted by Crippen LogP contribution is -2.35. The normalized spacial score (nSPS) is 12.2. The van der Waals surface area contributed by atoms with Crippen molar-refractivity contribution in [1.82, 2.24) is 19.9 Å². The van der Waals surface area contributed by atoms with Crippen molar-refractivity contribution in [2.24, 2.45) is 0 Å². The molecule has 2 aromatic rings. The first-order valence-electron chi connectivity index (χ1n) is 6.05. The van der Waals surface area contributed by atoms with Gasteiger partial charge in [0, 0.05) is 18.3 Å². The predicted molar refractivity (Wildman–Crippen MR) is 69.8 cm³/mol. The summed E-state index contributed by atoms with van der Waals surface area (Å²) < 4.78 is 2.23. The van der Waals surface area contributed by atoms with E-state index in [4.69, 9.17) is 0 Å². The fraction of sp³-hybridized carbons (Fsp3) is 0.538. The average molecular weight is 232 g/mol. The summed E-state index contributed by atoms with van der Waals surface area (Å²) in [6, 6.07) is 2.02. The Labute approximate surface area is 102 Å². The largest absolute Gasteiger partial charge is 0.327 e. The van der Waals surface area contributed by atoms with Crippen molar-refractivity contribution in [2.75, 3.05) is 0 Å². The van der Waals surface area contributed by atoms with Crippen LogP contribution in [-0.4, -0.2) is 20.1 Å². The number of nitrogens with zero attached hydrogens (tertiary/aromatic N) is 3. The summed E-state index contributed by atoms with van der Waals surface area (Å²) in [4.78, 5) is 8.74. The molecule has 0 amide bonds. The molecule has 2 heterocycles. The highest BCUT2D eigenvalue weighted by molar-refractivity contribution is 5.74. The lowest BCUT2D eigenvalue weighted by molar-refractivity contribution is 0.413. The van der Waals surface area contributed by atoms with E-state index in [0.717, 1.165) is 29.9 Å². The number of hydrogen-bond donors (Lipinski definition) is 1. The van der Waals surface area contributed by atoms with Crippen molar-refractivity contribution in [3.05, 3.63) is 24.3 Å². The minimum Gasteiger partial charge on any atom is -0.327 e. The third-order valence-corrected chi connectivity index (χ3v) is 2.72. The Kier molecular flexibility index (Phi) is 3.15. The average Bonchev–Trinajstić information content (AvgIpc) is 2.63. The van der Waals surface area contributed by atoms with Crippen molar-refractivity contribution < 1.29 is 0 Å². The highest BCUT2D eigenvalue weighted by atomic mass is 15.1. The molecule has 0 spiro atoms. The first-order valence-corrected chi connectivity index (χ1v) is 6.05. The summed E-state index contributed by atoms with van der Waals surface area (Å²) >= 11 is 0. The van der Waals surface area contributed by atoms with E-state index in [1.54, 1.807) is 0 Å². The molecule has 0 unspecified atom stereocenters. The van der Waals surface area contributed by atoms with E-state index in [1.165, 1.54) is 0 Å². The van der Waals surface area contributed by atoms with Gasteiger partial charge in [0.05, 0.1) is 18.3 Å². The van der Waals surface area contributed by atoms with Gasteiger partial charge in [-0.2, -0.15) is 0 Å². The highest BCUT2D eigenvalue weighted by Gasteiger charge is 2.13. The standard InChI is InChI=1S/C13H20N4/c1-5-17-11-6-7-14-8-10(11)16-12(17)9-15-13(2,3)4/h6-8,15H,5,9H2,1-4H3. The van der Waals surface area contributed by atoms with Crippen LogP contribution in [0.15, 0.2) is 18.5 Å². The number of rotatable bonds is 3. The summed E-state index contributed by atoms with van der Waals surface area (Å²) in [5, 5.41) is 3.47. The van der Waals surface area contributed by atoms with Crippen molar-refractivity contribution in [3.8, 4) is 0 Å². The summed E-state index contributed by atoms with van der Waals surface area (Å²) in [7, 11) is 0. The predicted octanol–water partition coefficient (Wildman–Crippen LogP) is 2.34. The van der Waals surface area contributed by atoms with Gasteiger partial charge >= 0.3 is 0 Å². The topological polar surface area (TPSA) is 42.7 Å². The van der Waals surface area contributed by atoms with Gasteiger partial charge in [-0.1, -0.05) is 0 Å². The second-order valence-corrected chi connectivity index (χ2v) is 5.24. The number of imidazole rings is 1. The van der Waals surface area contributed by atoms with E-state index in [9.17, 15) is 0 Å². The fourth-order valence-electron chi connectivity index (χ4n) is 1.86. The molecule has 92 valence electrons. The van der Waals surface area contributed by atoms with Crippen LogP contribution < -0.4 is 5.32 Å². The van der Waals surface area contributed by atoms with Crippen LogP contribution in [0.4, 0.5) is 0 Å². The van der Waals surface area contributed by atoms with Gasteiger partial charge in [0.2, 0.25) is 0 Å². The zero-order valence-corrected chi connectivity index (χ0v) is 11.0. The number of fused-ring (bicyclic) bond motifs is 1. The van der Waals surface area contributed by atoms with Gasteiger partial charge in [-0.3, -0.25) is 4.98 Å². The molecule has 4 heteroatoms. The molecule has 0 aliphatic carbocycles. The molecule has 0 atom stereocenters. The number of aryl methyl sites for hydroxylation is 1. The van der Waals surface area contributed by atoms with E-state index < -0.39 is 0 Å². The maximum absolute atomic E-state index is 4.62. The van der Waals surface area contributed by atoms with Crippen LogP contribution in [0.25, 0.3) is 11.0 Å². The van der Waals surface area contributed by atoms with Crippen molar-refractivity contribution >= 4 is 11.0 Å². The molecule has 0 fully saturated rings. The van der Waals surface area contributed by atoms with Crippen LogP contribution >= 0.6 is 0 Å². The molecule has 0 saturated heterocycles. The fourth-order valence-corrected chi connectivity index (χ4v) is 1.86. The zero-order valence-electron chi connectivity index (χ0n) is 11.0. The van der Waals surface area contributed by atoms with Crippen LogP contribution in [0.2, 0.25) is 0 Å². The molecule has 0 aliphatic heterocycles. The van der Waals surface area contributed by atoms with Gasteiger partial charge in [0.25, 0.3) is 0 Å². The molecule has 0 radical (unpaired) electrons. The third kappa shape index (κ3) is 2.64. The number of hydrogen-bond acceptors (Lipinski definition) is 3. The molecular formula is C13H20N4. The molecule has 4 nitrogen and oxygen atoms in total. The minimum absolute atomic E-state index is 0.106. The summed E-state index contributed by atoms with van der Waals surface area (Å²) in [6.07, 6.45) is 3.64. The second-order valence-electron chi connectivity index (χ2n) is 5.24. The summed E-state index contributed by atoms with van der Waals surface area (Å²) in [5.41, 5.74) is 2.24. The molecule has 0 aliphatic rings. The van der Waals surface area contributed by atoms with E-state index in [0.29, 0.717) is 0 Å². The Morgan fingerprint density at radius 1 is 1.35 bits per heavy atom. The highest BCUT2D eigenvalue weighted by Crippen LogP contribution is 2.15. The van der Waals surface area contributed by atoms with Crippen molar-refractivity contribution in [3.63, 3.8) is 0 Å². The van der Waals surface area contributed by atoms with Gasteiger partial charge < -0.3 is 9.88 Å². The van der Waals surface area contributed by atoms with Crippen LogP contribution in [0.1, 0.15) is 33.5 Å². The monoisotopic (exact) mass is 232 g/mol. The van der Waals surface area contributed by atoms with Crippen LogP contribution in [0.5, 0.6) is 0 Å². The maximum atomic E-state index is 4.62. The smallest absolute Gasteiger partial charge is 0.123 e. The Bertz CT molecular complexity index is 508. The summed E-state index contributed by atoms with van der Waals surface area (Å²) in [5.74, 6) is 1.07. The van der Waals surface area contributed by atoms with Gasteiger partial charge in [-0.05, 0) is 33.8 Å². The van der Waals surface area contributed by atoms with E-state index in [1.807, 2.05) is 18.5 Å². The Hall–Kier alpha value is -1.42. The summed E-state index contributed by atoms with van der Waals surface area (Å²) in [6.45, 7) is 10.3. The van der Waals surface area contributed by atoms with E-state index >= 15 is 0 Å². The molecule has 0 bridgehead atoms. The molecule has 0 aromatic carbocycles. The Morgan fingerprint density at radius 2 is 2.12 bits per heavy atom. The van der Waals surface area contributed by atoms with Crippen LogP contribution in [-0.2, 0) is 13.1 Å². The first-order chi connectivity index (χ1) is 8.01. The zero-order chi connectivity index (χ0) is 12.5. The molecule has 0 saturated carbocycles. The Balaban J connectivity index is 2.33. The Morgan fingerprint density at radius 3 is 2.76 bits per heavy atom. The van der Waals surface area contributed by atoms with E-state index in [2.05, 4.69) is 47.5 Å². The molecule has 2 aromatic heterocycles. The third-order valence-electron chi connectivity index (χ3n) is 2.72. The lowest BCUT2D eigenvalue weighted by atomic mass is 10.1. The van der Waals surface area contributed by atoms with Crippen molar-refractivity contribution in [2.45, 2.75) is 46.3 Å². The first kappa shape index (κ1) is 12.0.